The van der Waals surface area contributed by atoms with Crippen molar-refractivity contribution in [3.8, 4) is 5.75 Å². The van der Waals surface area contributed by atoms with E-state index in [-0.39, 0.29) is 12.5 Å². The van der Waals surface area contributed by atoms with Crippen LogP contribution in [0, 0.1) is 13.8 Å². The van der Waals surface area contributed by atoms with E-state index in [9.17, 15) is 14.4 Å². The van der Waals surface area contributed by atoms with E-state index >= 15 is 0 Å². The van der Waals surface area contributed by atoms with Crippen molar-refractivity contribution in [2.45, 2.75) is 13.8 Å². The molecule has 32 heavy (non-hydrogen) atoms. The summed E-state index contributed by atoms with van der Waals surface area (Å²) in [7, 11) is 0. The molecule has 0 saturated heterocycles. The van der Waals surface area contributed by atoms with Crippen molar-refractivity contribution in [2.24, 2.45) is 0 Å². The van der Waals surface area contributed by atoms with Crippen LogP contribution in [0.5, 0.6) is 5.75 Å². The van der Waals surface area contributed by atoms with Gasteiger partial charge in [0.1, 0.15) is 5.75 Å². The fourth-order valence-corrected chi connectivity index (χ4v) is 3.07. The molecule has 0 bridgehead atoms. The number of hydrazine groups is 1. The molecular formula is C24H22BrN3O4. The first kappa shape index (κ1) is 23.0. The van der Waals surface area contributed by atoms with Gasteiger partial charge in [-0.1, -0.05) is 34.1 Å². The van der Waals surface area contributed by atoms with Crippen LogP contribution < -0.4 is 20.9 Å². The maximum absolute atomic E-state index is 12.4. The Morgan fingerprint density at radius 2 is 1.56 bits per heavy atom. The third-order valence-corrected chi connectivity index (χ3v) is 5.50. The summed E-state index contributed by atoms with van der Waals surface area (Å²) in [6, 6.07) is 19.0. The van der Waals surface area contributed by atoms with Crippen LogP contribution in [0.4, 0.5) is 5.69 Å². The molecular weight excluding hydrogens is 474 g/mol. The standard InChI is InChI=1S/C24H22BrN3O4/c1-15-5-3-4-6-20(15)24(31)26-18-9-7-17(8-10-18)23(30)28-27-22(29)14-32-19-11-12-21(25)16(2)13-19/h3-13H,14H2,1-2H3,(H,26,31)(H,27,29)(H,28,30). The Hall–Kier alpha value is -3.65. The highest BCUT2D eigenvalue weighted by atomic mass is 79.9. The molecule has 0 heterocycles. The minimum Gasteiger partial charge on any atom is -0.484 e. The van der Waals surface area contributed by atoms with Crippen molar-refractivity contribution in [3.63, 3.8) is 0 Å². The predicted octanol–water partition coefficient (Wildman–Crippen LogP) is 4.16. The van der Waals surface area contributed by atoms with E-state index in [1.807, 2.05) is 32.0 Å². The van der Waals surface area contributed by atoms with Gasteiger partial charge in [-0.2, -0.15) is 0 Å². The number of amides is 3. The zero-order valence-electron chi connectivity index (χ0n) is 17.6. The number of carbonyl (C=O) groups is 3. The highest BCUT2D eigenvalue weighted by Gasteiger charge is 2.11. The van der Waals surface area contributed by atoms with Gasteiger partial charge < -0.3 is 10.1 Å². The van der Waals surface area contributed by atoms with E-state index in [1.54, 1.807) is 48.5 Å². The molecule has 0 aliphatic heterocycles. The van der Waals surface area contributed by atoms with Crippen LogP contribution in [-0.4, -0.2) is 24.3 Å². The number of halogens is 1. The minimum atomic E-state index is -0.499. The van der Waals surface area contributed by atoms with Crippen LogP contribution in [0.1, 0.15) is 31.8 Å². The Morgan fingerprint density at radius 1 is 0.844 bits per heavy atom. The number of hydrogen-bond donors (Lipinski definition) is 3. The summed E-state index contributed by atoms with van der Waals surface area (Å²) in [5.74, 6) is -0.667. The maximum atomic E-state index is 12.4. The molecule has 0 aliphatic carbocycles. The summed E-state index contributed by atoms with van der Waals surface area (Å²) in [4.78, 5) is 36.6. The molecule has 0 aromatic heterocycles. The van der Waals surface area contributed by atoms with E-state index < -0.39 is 11.8 Å². The summed E-state index contributed by atoms with van der Waals surface area (Å²) in [5.41, 5.74) is 7.95. The second-order valence-corrected chi connectivity index (χ2v) is 7.90. The molecule has 3 rings (SSSR count). The van der Waals surface area contributed by atoms with Crippen LogP contribution in [0.3, 0.4) is 0 Å². The largest absolute Gasteiger partial charge is 0.484 e. The average molecular weight is 496 g/mol. The molecule has 3 amide bonds. The summed E-state index contributed by atoms with van der Waals surface area (Å²) in [5, 5.41) is 2.80. The minimum absolute atomic E-state index is 0.228. The first-order valence-electron chi connectivity index (χ1n) is 9.78. The zero-order chi connectivity index (χ0) is 23.1. The van der Waals surface area contributed by atoms with Gasteiger partial charge in [-0.05, 0) is 73.5 Å². The Bertz CT molecular complexity index is 1150. The van der Waals surface area contributed by atoms with E-state index in [2.05, 4.69) is 32.1 Å². The molecule has 164 valence electrons. The maximum Gasteiger partial charge on any atom is 0.276 e. The lowest BCUT2D eigenvalue weighted by atomic mass is 10.1. The molecule has 3 aromatic rings. The molecule has 0 fully saturated rings. The van der Waals surface area contributed by atoms with Gasteiger partial charge in [-0.3, -0.25) is 25.2 Å². The fraction of sp³-hybridized carbons (Fsp3) is 0.125. The normalized spacial score (nSPS) is 10.2. The van der Waals surface area contributed by atoms with Gasteiger partial charge in [0.25, 0.3) is 17.7 Å². The fourth-order valence-electron chi connectivity index (χ4n) is 2.82. The lowest BCUT2D eigenvalue weighted by molar-refractivity contribution is -0.123. The monoisotopic (exact) mass is 495 g/mol. The Morgan fingerprint density at radius 3 is 2.25 bits per heavy atom. The summed E-state index contributed by atoms with van der Waals surface area (Å²) >= 11 is 3.40. The summed E-state index contributed by atoms with van der Waals surface area (Å²) in [6.07, 6.45) is 0. The van der Waals surface area contributed by atoms with Crippen LogP contribution in [0.25, 0.3) is 0 Å². The Kier molecular flexibility index (Phi) is 7.62. The van der Waals surface area contributed by atoms with E-state index in [0.717, 1.165) is 15.6 Å². The van der Waals surface area contributed by atoms with Crippen molar-refractivity contribution in [3.05, 3.63) is 93.5 Å². The van der Waals surface area contributed by atoms with Crippen molar-refractivity contribution in [1.29, 1.82) is 0 Å². The van der Waals surface area contributed by atoms with E-state index in [4.69, 9.17) is 4.74 Å². The highest BCUT2D eigenvalue weighted by molar-refractivity contribution is 9.10. The van der Waals surface area contributed by atoms with Gasteiger partial charge in [-0.15, -0.1) is 0 Å². The smallest absolute Gasteiger partial charge is 0.276 e. The van der Waals surface area contributed by atoms with E-state index in [1.165, 1.54) is 0 Å². The van der Waals surface area contributed by atoms with Crippen LogP contribution in [-0.2, 0) is 4.79 Å². The second kappa shape index (κ2) is 10.6. The lowest BCUT2D eigenvalue weighted by Gasteiger charge is -2.10. The van der Waals surface area contributed by atoms with Crippen molar-refractivity contribution in [2.75, 3.05) is 11.9 Å². The first-order valence-corrected chi connectivity index (χ1v) is 10.6. The van der Waals surface area contributed by atoms with Crippen molar-refractivity contribution >= 4 is 39.3 Å². The van der Waals surface area contributed by atoms with Gasteiger partial charge in [0, 0.05) is 21.3 Å². The number of aryl methyl sites for hydroxylation is 2. The number of carbonyl (C=O) groups excluding carboxylic acids is 3. The second-order valence-electron chi connectivity index (χ2n) is 7.05. The zero-order valence-corrected chi connectivity index (χ0v) is 19.2. The molecule has 0 unspecified atom stereocenters. The highest BCUT2D eigenvalue weighted by Crippen LogP contribution is 2.21. The van der Waals surface area contributed by atoms with Gasteiger partial charge in [0.2, 0.25) is 0 Å². The third kappa shape index (κ3) is 6.18. The SMILES string of the molecule is Cc1cc(OCC(=O)NNC(=O)c2ccc(NC(=O)c3ccccc3C)cc2)ccc1Br. The molecule has 7 nitrogen and oxygen atoms in total. The number of rotatable bonds is 6. The van der Waals surface area contributed by atoms with Gasteiger partial charge >= 0.3 is 0 Å². The molecule has 8 heteroatoms. The number of benzene rings is 3. The summed E-state index contributed by atoms with van der Waals surface area (Å²) in [6.45, 7) is 3.53. The number of ether oxygens (including phenoxy) is 1. The van der Waals surface area contributed by atoms with E-state index in [0.29, 0.717) is 22.6 Å². The third-order valence-electron chi connectivity index (χ3n) is 4.61. The molecule has 0 atom stereocenters. The predicted molar refractivity (Wildman–Crippen MR) is 126 cm³/mol. The molecule has 3 aromatic carbocycles. The number of nitrogens with one attached hydrogen (secondary N) is 3. The molecule has 0 saturated carbocycles. The number of hydrogen-bond acceptors (Lipinski definition) is 4. The topological polar surface area (TPSA) is 96.5 Å². The van der Waals surface area contributed by atoms with Gasteiger partial charge in [0.05, 0.1) is 0 Å². The molecule has 0 aliphatic rings. The number of anilines is 1. The lowest BCUT2D eigenvalue weighted by Crippen LogP contribution is -2.43. The van der Waals surface area contributed by atoms with Crippen LogP contribution in [0.15, 0.2) is 71.2 Å². The van der Waals surface area contributed by atoms with Crippen LogP contribution in [0.2, 0.25) is 0 Å². The molecule has 0 spiro atoms. The summed E-state index contributed by atoms with van der Waals surface area (Å²) < 4.78 is 6.36. The Labute approximate surface area is 194 Å². The van der Waals surface area contributed by atoms with Crippen LogP contribution >= 0.6 is 15.9 Å². The van der Waals surface area contributed by atoms with Gasteiger partial charge in [0.15, 0.2) is 6.61 Å². The molecule has 0 radical (unpaired) electrons. The van der Waals surface area contributed by atoms with Crippen molar-refractivity contribution < 1.29 is 19.1 Å². The first-order chi connectivity index (χ1) is 15.3. The average Bonchev–Trinajstić information content (AvgIpc) is 2.79. The van der Waals surface area contributed by atoms with Gasteiger partial charge in [-0.25, -0.2) is 0 Å². The van der Waals surface area contributed by atoms with Crippen molar-refractivity contribution in [1.82, 2.24) is 10.9 Å². The molecule has 3 N–H and O–H groups in total. The quantitative estimate of drug-likeness (QED) is 0.447. The Balaban J connectivity index is 1.48.